The summed E-state index contributed by atoms with van der Waals surface area (Å²) in [5.74, 6) is 0. The van der Waals surface area contributed by atoms with E-state index in [1.165, 1.54) is 143 Å². The number of anilines is 3. The molecule has 5 aliphatic rings. The Labute approximate surface area is 391 Å². The molecule has 3 heterocycles. The molecule has 0 unspecified atom stereocenters. The maximum absolute atomic E-state index is 2.75. The van der Waals surface area contributed by atoms with Crippen LogP contribution >= 0.6 is 11.3 Å². The Kier molecular flexibility index (Phi) is 6.94. The third-order valence-electron chi connectivity index (χ3n) is 16.9. The van der Waals surface area contributed by atoms with Gasteiger partial charge in [-0.05, 0) is 119 Å². The van der Waals surface area contributed by atoms with Crippen molar-refractivity contribution in [2.45, 2.75) is 57.8 Å². The van der Waals surface area contributed by atoms with E-state index in [-0.39, 0.29) is 23.0 Å². The Morgan fingerprint density at radius 3 is 1.65 bits per heavy atom. The summed E-state index contributed by atoms with van der Waals surface area (Å²) in [5.41, 5.74) is 29.6. The Bertz CT molecular complexity index is 3880. The average molecular weight is 860 g/mol. The molecule has 66 heavy (non-hydrogen) atoms. The van der Waals surface area contributed by atoms with E-state index in [4.69, 9.17) is 0 Å². The van der Waals surface area contributed by atoms with Gasteiger partial charge in [0.05, 0.1) is 5.69 Å². The minimum atomic E-state index is -0.156. The lowest BCUT2D eigenvalue weighted by Crippen LogP contribution is -2.55. The normalized spacial score (nSPS) is 16.3. The van der Waals surface area contributed by atoms with Crippen molar-refractivity contribution in [1.82, 2.24) is 0 Å². The molecule has 0 spiro atoms. The van der Waals surface area contributed by atoms with Crippen LogP contribution in [0.25, 0.3) is 75.8 Å². The monoisotopic (exact) mass is 859 g/mol. The smallest absolute Gasteiger partial charge is 0.248 e. The summed E-state index contributed by atoms with van der Waals surface area (Å²) in [4.78, 5) is 2.75. The Morgan fingerprint density at radius 2 is 0.939 bits per heavy atom. The fraction of sp³-hybridized carbons (Fsp3) is 0.143. The van der Waals surface area contributed by atoms with Crippen LogP contribution < -0.4 is 21.3 Å². The number of thiophene rings is 1. The molecule has 0 N–H and O–H groups in total. The van der Waals surface area contributed by atoms with Gasteiger partial charge in [0.2, 0.25) is 6.71 Å². The van der Waals surface area contributed by atoms with Gasteiger partial charge < -0.3 is 4.90 Å². The molecule has 3 aliphatic carbocycles. The third kappa shape index (κ3) is 4.39. The molecule has 10 aromatic rings. The fourth-order valence-corrected chi connectivity index (χ4v) is 14.9. The van der Waals surface area contributed by atoms with Crippen LogP contribution in [0.15, 0.2) is 170 Å². The molecule has 2 aliphatic heterocycles. The van der Waals surface area contributed by atoms with Crippen molar-refractivity contribution in [3.8, 4) is 55.6 Å². The van der Waals surface area contributed by atoms with Crippen LogP contribution in [0.1, 0.15) is 74.9 Å². The summed E-state index contributed by atoms with van der Waals surface area (Å²) < 4.78 is 2.67. The van der Waals surface area contributed by atoms with Gasteiger partial charge in [-0.1, -0.05) is 187 Å². The van der Waals surface area contributed by atoms with Gasteiger partial charge in [-0.2, -0.15) is 0 Å². The van der Waals surface area contributed by atoms with Crippen LogP contribution in [-0.2, 0) is 16.2 Å². The number of hydrogen-bond acceptors (Lipinski definition) is 2. The van der Waals surface area contributed by atoms with Crippen LogP contribution in [0, 0.1) is 0 Å². The number of rotatable bonds is 2. The molecule has 9 aromatic carbocycles. The first-order valence-electron chi connectivity index (χ1n) is 23.7. The molecule has 0 saturated heterocycles. The molecule has 0 atom stereocenters. The highest BCUT2D eigenvalue weighted by Crippen LogP contribution is 2.60. The molecule has 0 amide bonds. The average Bonchev–Trinajstić information content (AvgIpc) is 4.07. The highest BCUT2D eigenvalue weighted by atomic mass is 32.1. The predicted molar refractivity (Wildman–Crippen MR) is 282 cm³/mol. The van der Waals surface area contributed by atoms with Gasteiger partial charge in [-0.15, -0.1) is 11.3 Å². The first kappa shape index (κ1) is 37.3. The fourth-order valence-electron chi connectivity index (χ4n) is 13.8. The van der Waals surface area contributed by atoms with Crippen LogP contribution in [-0.4, -0.2) is 6.71 Å². The first-order chi connectivity index (χ1) is 32.0. The van der Waals surface area contributed by atoms with Gasteiger partial charge in [-0.3, -0.25) is 0 Å². The Morgan fingerprint density at radius 1 is 0.379 bits per heavy atom. The summed E-state index contributed by atoms with van der Waals surface area (Å²) in [7, 11) is 0. The van der Waals surface area contributed by atoms with E-state index in [9.17, 15) is 0 Å². The highest BCUT2D eigenvalue weighted by molar-refractivity contribution is 7.25. The second-order valence-corrected chi connectivity index (χ2v) is 22.2. The van der Waals surface area contributed by atoms with E-state index in [1.54, 1.807) is 0 Å². The molecule has 0 fully saturated rings. The molecule has 3 heteroatoms. The van der Waals surface area contributed by atoms with E-state index in [1.807, 2.05) is 11.3 Å². The number of fused-ring (bicyclic) bond motifs is 19. The SMILES string of the molecule is CC1(C)c2ccccc2-c2c(N3c4cc(-c5ccc6c(c5)sc5ccccc56)cc5c4B(c4ccc6c(c4-5)-c4ccccc4C6(C)C)c4ccc5c(c43)-c3ccccc3C5(C)C)cccc21. The molecular formula is C63H46BNS. The van der Waals surface area contributed by atoms with Gasteiger partial charge in [0.1, 0.15) is 0 Å². The summed E-state index contributed by atoms with van der Waals surface area (Å²) in [6.07, 6.45) is 0. The van der Waals surface area contributed by atoms with Crippen molar-refractivity contribution in [2.24, 2.45) is 0 Å². The number of benzene rings is 9. The molecule has 1 aromatic heterocycles. The minimum absolute atomic E-state index is 0.0678. The first-order valence-corrected chi connectivity index (χ1v) is 24.5. The molecule has 1 nitrogen and oxygen atoms in total. The Balaban J connectivity index is 1.11. The lowest BCUT2D eigenvalue weighted by molar-refractivity contribution is 0.660. The Hall–Kier alpha value is -6.94. The summed E-state index contributed by atoms with van der Waals surface area (Å²) >= 11 is 1.91. The van der Waals surface area contributed by atoms with Crippen molar-refractivity contribution in [3.63, 3.8) is 0 Å². The van der Waals surface area contributed by atoms with Crippen LogP contribution in [0.3, 0.4) is 0 Å². The molecular weight excluding hydrogens is 814 g/mol. The van der Waals surface area contributed by atoms with Crippen molar-refractivity contribution < 1.29 is 0 Å². The highest BCUT2D eigenvalue weighted by Gasteiger charge is 2.50. The summed E-state index contributed by atoms with van der Waals surface area (Å²) in [6, 6.07) is 66.0. The standard InChI is InChI=1S/C63H46BNS/c1-61(2)43-20-11-7-17-39(43)55-46(61)23-15-24-51(55)65-52-33-36(35-26-27-38-37-16-10-14-25-53(37)66-54(38)34-35)32-42-58-49(30-28-47-56(58)40-18-8-12-21-44(40)62(47,3)4)64(59(42)52)50-31-29-48-57(60(50)65)41-19-9-13-22-45(41)63(48,5)6/h7-34H,1-6H3. The van der Waals surface area contributed by atoms with Gasteiger partial charge in [0.25, 0.3) is 0 Å². The van der Waals surface area contributed by atoms with Gasteiger partial charge in [0, 0.05) is 58.9 Å². The van der Waals surface area contributed by atoms with E-state index in [0.29, 0.717) is 0 Å². The largest absolute Gasteiger partial charge is 0.310 e. The lowest BCUT2D eigenvalue weighted by atomic mass is 9.36. The minimum Gasteiger partial charge on any atom is -0.310 e. The van der Waals surface area contributed by atoms with E-state index in [0.717, 1.165) is 0 Å². The second kappa shape index (κ2) is 12.3. The summed E-state index contributed by atoms with van der Waals surface area (Å²) in [5, 5.41) is 2.67. The van der Waals surface area contributed by atoms with Crippen LogP contribution in [0.5, 0.6) is 0 Å². The van der Waals surface area contributed by atoms with Crippen molar-refractivity contribution in [2.75, 3.05) is 4.90 Å². The maximum atomic E-state index is 2.75. The van der Waals surface area contributed by atoms with Gasteiger partial charge in [0.15, 0.2) is 0 Å². The van der Waals surface area contributed by atoms with Crippen LogP contribution in [0.2, 0.25) is 0 Å². The predicted octanol–water partition coefficient (Wildman–Crippen LogP) is 14.9. The van der Waals surface area contributed by atoms with Crippen LogP contribution in [0.4, 0.5) is 17.1 Å². The molecule has 0 bridgehead atoms. The van der Waals surface area contributed by atoms with E-state index < -0.39 is 0 Å². The summed E-state index contributed by atoms with van der Waals surface area (Å²) in [6.45, 7) is 14.6. The van der Waals surface area contributed by atoms with Gasteiger partial charge in [-0.25, -0.2) is 0 Å². The third-order valence-corrected chi connectivity index (χ3v) is 18.0. The van der Waals surface area contributed by atoms with Crippen molar-refractivity contribution in [1.29, 1.82) is 0 Å². The van der Waals surface area contributed by atoms with E-state index >= 15 is 0 Å². The lowest BCUT2D eigenvalue weighted by Gasteiger charge is -2.39. The zero-order valence-corrected chi connectivity index (χ0v) is 38.9. The number of hydrogen-bond donors (Lipinski definition) is 0. The number of nitrogens with zero attached hydrogens (tertiary/aromatic N) is 1. The van der Waals surface area contributed by atoms with Gasteiger partial charge >= 0.3 is 0 Å². The topological polar surface area (TPSA) is 3.24 Å². The zero-order chi connectivity index (χ0) is 44.2. The molecule has 0 saturated carbocycles. The molecule has 15 rings (SSSR count). The second-order valence-electron chi connectivity index (χ2n) is 21.1. The quantitative estimate of drug-likeness (QED) is 0.157. The zero-order valence-electron chi connectivity index (χ0n) is 38.1. The van der Waals surface area contributed by atoms with E-state index in [2.05, 4.69) is 216 Å². The van der Waals surface area contributed by atoms with Crippen molar-refractivity contribution in [3.05, 3.63) is 203 Å². The maximum Gasteiger partial charge on any atom is 0.248 e. The molecule has 312 valence electrons. The van der Waals surface area contributed by atoms with Crippen molar-refractivity contribution >= 4 is 71.7 Å². The molecule has 0 radical (unpaired) electrons.